The number of nitrogens with one attached hydrogen (secondary N) is 1. The Bertz CT molecular complexity index is 183. The molecular formula is C9H16N2S. The summed E-state index contributed by atoms with van der Waals surface area (Å²) in [6.07, 6.45) is 5.70. The topological polar surface area (TPSA) is 24.4 Å². The zero-order valence-electron chi connectivity index (χ0n) is 7.60. The molecule has 1 saturated heterocycles. The molecule has 1 saturated carbocycles. The summed E-state index contributed by atoms with van der Waals surface area (Å²) in [6.45, 7) is 1.16. The normalized spacial score (nSPS) is 30.9. The highest BCUT2D eigenvalue weighted by Crippen LogP contribution is 2.42. The smallest absolute Gasteiger partial charge is 0.156 e. The molecule has 0 unspecified atom stereocenters. The van der Waals surface area contributed by atoms with Crippen molar-refractivity contribution in [1.29, 1.82) is 0 Å². The quantitative estimate of drug-likeness (QED) is 0.621. The molecule has 0 atom stereocenters. The molecule has 68 valence electrons. The van der Waals surface area contributed by atoms with Crippen LogP contribution in [0.15, 0.2) is 4.99 Å². The second-order valence-electron chi connectivity index (χ2n) is 3.88. The van der Waals surface area contributed by atoms with Crippen LogP contribution in [-0.2, 0) is 0 Å². The van der Waals surface area contributed by atoms with E-state index >= 15 is 0 Å². The first-order valence-corrected chi connectivity index (χ1v) is 5.67. The molecule has 1 aliphatic heterocycles. The maximum atomic E-state index is 4.17. The van der Waals surface area contributed by atoms with Gasteiger partial charge in [-0.3, -0.25) is 4.99 Å². The average molecular weight is 184 g/mol. The molecule has 2 rings (SSSR count). The molecule has 2 aliphatic rings. The molecule has 0 radical (unpaired) electrons. The van der Waals surface area contributed by atoms with E-state index in [-0.39, 0.29) is 0 Å². The Kier molecular flexibility index (Phi) is 2.31. The van der Waals surface area contributed by atoms with E-state index in [4.69, 9.17) is 0 Å². The van der Waals surface area contributed by atoms with Crippen LogP contribution in [0.1, 0.15) is 25.7 Å². The molecular weight excluding hydrogens is 168 g/mol. The lowest BCUT2D eigenvalue weighted by Gasteiger charge is -2.33. The van der Waals surface area contributed by atoms with Gasteiger partial charge in [-0.05, 0) is 18.3 Å². The predicted molar refractivity (Wildman–Crippen MR) is 54.7 cm³/mol. The molecule has 1 heterocycles. The van der Waals surface area contributed by atoms with Crippen molar-refractivity contribution in [2.24, 2.45) is 10.4 Å². The van der Waals surface area contributed by atoms with Gasteiger partial charge in [0.15, 0.2) is 5.17 Å². The maximum absolute atomic E-state index is 4.17. The average Bonchev–Trinajstić information content (AvgIpc) is 2.55. The minimum Gasteiger partial charge on any atom is -0.364 e. The van der Waals surface area contributed by atoms with Gasteiger partial charge in [-0.1, -0.05) is 24.6 Å². The van der Waals surface area contributed by atoms with Gasteiger partial charge < -0.3 is 5.32 Å². The number of aliphatic imine (C=N–C) groups is 1. The summed E-state index contributed by atoms with van der Waals surface area (Å²) >= 11 is 1.90. The SMILES string of the molecule is CN=C1NCC2(CCCC2)CS1. The lowest BCUT2D eigenvalue weighted by molar-refractivity contribution is 0.341. The standard InChI is InChI=1S/C9H16N2S/c1-10-8-11-6-9(7-12-8)4-2-3-5-9/h2-7H2,1H3,(H,10,11). The molecule has 0 aromatic carbocycles. The van der Waals surface area contributed by atoms with Crippen molar-refractivity contribution >= 4 is 16.9 Å². The van der Waals surface area contributed by atoms with Crippen molar-refractivity contribution in [2.75, 3.05) is 19.3 Å². The van der Waals surface area contributed by atoms with Gasteiger partial charge in [0.25, 0.3) is 0 Å². The van der Waals surface area contributed by atoms with Crippen molar-refractivity contribution < 1.29 is 0 Å². The van der Waals surface area contributed by atoms with Crippen LogP contribution in [0.5, 0.6) is 0 Å². The summed E-state index contributed by atoms with van der Waals surface area (Å²) in [5.41, 5.74) is 0.624. The van der Waals surface area contributed by atoms with Gasteiger partial charge in [-0.25, -0.2) is 0 Å². The molecule has 2 nitrogen and oxygen atoms in total. The third-order valence-corrected chi connectivity index (χ3v) is 4.35. The first-order valence-electron chi connectivity index (χ1n) is 4.68. The number of hydrogen-bond acceptors (Lipinski definition) is 2. The Balaban J connectivity index is 1.97. The minimum atomic E-state index is 0.624. The van der Waals surface area contributed by atoms with E-state index in [9.17, 15) is 0 Å². The number of rotatable bonds is 0. The highest BCUT2D eigenvalue weighted by Gasteiger charge is 2.36. The molecule has 1 spiro atoms. The van der Waals surface area contributed by atoms with E-state index in [0.717, 1.165) is 11.7 Å². The van der Waals surface area contributed by atoms with E-state index < -0.39 is 0 Å². The fourth-order valence-electron chi connectivity index (χ4n) is 2.18. The molecule has 0 amide bonds. The van der Waals surface area contributed by atoms with Crippen LogP contribution in [0.25, 0.3) is 0 Å². The predicted octanol–water partition coefficient (Wildman–Crippen LogP) is 1.87. The second-order valence-corrected chi connectivity index (χ2v) is 4.84. The second kappa shape index (κ2) is 3.29. The van der Waals surface area contributed by atoms with Crippen LogP contribution in [0.4, 0.5) is 0 Å². The van der Waals surface area contributed by atoms with Crippen LogP contribution in [0.2, 0.25) is 0 Å². The summed E-state index contributed by atoms with van der Waals surface area (Å²) in [7, 11) is 1.86. The number of amidine groups is 1. The minimum absolute atomic E-state index is 0.624. The van der Waals surface area contributed by atoms with Crippen molar-refractivity contribution in [1.82, 2.24) is 5.32 Å². The Morgan fingerprint density at radius 3 is 2.67 bits per heavy atom. The molecule has 3 heteroatoms. The Hall–Kier alpha value is -0.180. The molecule has 2 fully saturated rings. The van der Waals surface area contributed by atoms with Crippen LogP contribution in [0.3, 0.4) is 0 Å². The van der Waals surface area contributed by atoms with Gasteiger partial charge in [-0.2, -0.15) is 0 Å². The molecule has 0 aromatic rings. The Morgan fingerprint density at radius 1 is 1.42 bits per heavy atom. The van der Waals surface area contributed by atoms with Gasteiger partial charge in [0.2, 0.25) is 0 Å². The van der Waals surface area contributed by atoms with Crippen molar-refractivity contribution in [2.45, 2.75) is 25.7 Å². The zero-order valence-corrected chi connectivity index (χ0v) is 8.41. The van der Waals surface area contributed by atoms with Gasteiger partial charge >= 0.3 is 0 Å². The maximum Gasteiger partial charge on any atom is 0.156 e. The highest BCUT2D eigenvalue weighted by molar-refractivity contribution is 8.13. The van der Waals surface area contributed by atoms with Gasteiger partial charge in [0, 0.05) is 19.3 Å². The monoisotopic (exact) mass is 184 g/mol. The largest absolute Gasteiger partial charge is 0.364 e. The molecule has 0 aromatic heterocycles. The third kappa shape index (κ3) is 1.47. The van der Waals surface area contributed by atoms with Gasteiger partial charge in [0.1, 0.15) is 0 Å². The van der Waals surface area contributed by atoms with Crippen molar-refractivity contribution in [3.63, 3.8) is 0 Å². The molecule has 12 heavy (non-hydrogen) atoms. The summed E-state index contributed by atoms with van der Waals surface area (Å²) < 4.78 is 0. The summed E-state index contributed by atoms with van der Waals surface area (Å²) in [5, 5.41) is 4.55. The Labute approximate surface area is 78.2 Å². The van der Waals surface area contributed by atoms with Crippen molar-refractivity contribution in [3.05, 3.63) is 0 Å². The third-order valence-electron chi connectivity index (χ3n) is 3.00. The van der Waals surface area contributed by atoms with Crippen LogP contribution in [-0.4, -0.2) is 24.5 Å². The van der Waals surface area contributed by atoms with Crippen molar-refractivity contribution in [3.8, 4) is 0 Å². The van der Waals surface area contributed by atoms with Crippen LogP contribution in [0, 0.1) is 5.41 Å². The van der Waals surface area contributed by atoms with E-state index in [1.165, 1.54) is 31.4 Å². The fraction of sp³-hybridized carbons (Fsp3) is 0.889. The number of thioether (sulfide) groups is 1. The van der Waals surface area contributed by atoms with E-state index in [2.05, 4.69) is 10.3 Å². The first-order chi connectivity index (χ1) is 5.85. The lowest BCUT2D eigenvalue weighted by Crippen LogP contribution is -2.41. The summed E-state index contributed by atoms with van der Waals surface area (Å²) in [5.74, 6) is 1.28. The molecule has 1 aliphatic carbocycles. The van der Waals surface area contributed by atoms with Crippen LogP contribution >= 0.6 is 11.8 Å². The van der Waals surface area contributed by atoms with E-state index in [1.54, 1.807) is 0 Å². The van der Waals surface area contributed by atoms with E-state index in [0.29, 0.717) is 5.41 Å². The lowest BCUT2D eigenvalue weighted by atomic mass is 9.88. The fourth-order valence-corrected chi connectivity index (χ4v) is 3.31. The first kappa shape index (κ1) is 8.42. The highest BCUT2D eigenvalue weighted by atomic mass is 32.2. The van der Waals surface area contributed by atoms with E-state index in [1.807, 2.05) is 18.8 Å². The number of nitrogens with zero attached hydrogens (tertiary/aromatic N) is 1. The van der Waals surface area contributed by atoms with Crippen LogP contribution < -0.4 is 5.32 Å². The summed E-state index contributed by atoms with van der Waals surface area (Å²) in [6, 6.07) is 0. The molecule has 1 N–H and O–H groups in total. The molecule has 0 bridgehead atoms. The Morgan fingerprint density at radius 2 is 2.17 bits per heavy atom. The van der Waals surface area contributed by atoms with Gasteiger partial charge in [0.05, 0.1) is 0 Å². The zero-order chi connectivity index (χ0) is 8.44. The number of hydrogen-bond donors (Lipinski definition) is 1. The van der Waals surface area contributed by atoms with Gasteiger partial charge in [-0.15, -0.1) is 0 Å². The summed E-state index contributed by atoms with van der Waals surface area (Å²) in [4.78, 5) is 4.17.